The maximum atomic E-state index is 12.3. The molecule has 0 spiro atoms. The molecule has 0 N–H and O–H groups in total. The van der Waals surface area contributed by atoms with Gasteiger partial charge in [-0.3, -0.25) is 9.78 Å². The maximum absolute atomic E-state index is 12.3. The van der Waals surface area contributed by atoms with E-state index in [1.807, 2.05) is 12.1 Å². The van der Waals surface area contributed by atoms with Crippen LogP contribution in [0.4, 0.5) is 0 Å². The van der Waals surface area contributed by atoms with Crippen LogP contribution in [0.3, 0.4) is 0 Å². The minimum Gasteiger partial charge on any atom is -0.336 e. The monoisotopic (exact) mass is 383 g/mol. The quantitative estimate of drug-likeness (QED) is 0.815. The molecule has 0 atom stereocenters. The van der Waals surface area contributed by atoms with Gasteiger partial charge in [-0.2, -0.15) is 0 Å². The summed E-state index contributed by atoms with van der Waals surface area (Å²) in [5.41, 5.74) is 1.43. The van der Waals surface area contributed by atoms with Gasteiger partial charge in [0.15, 0.2) is 0 Å². The van der Waals surface area contributed by atoms with Crippen molar-refractivity contribution >= 4 is 37.8 Å². The highest BCUT2D eigenvalue weighted by Crippen LogP contribution is 2.21. The third kappa shape index (κ3) is 3.61. The predicted molar refractivity (Wildman–Crippen MR) is 79.7 cm³/mol. The molecule has 0 bridgehead atoms. The lowest BCUT2D eigenvalue weighted by Crippen LogP contribution is -2.27. The molecule has 2 aromatic heterocycles. The topological polar surface area (TPSA) is 46.1 Å². The lowest BCUT2D eigenvalue weighted by atomic mass is 10.2. The molecule has 0 unspecified atom stereocenters. The van der Waals surface area contributed by atoms with E-state index in [0.29, 0.717) is 16.7 Å². The fourth-order valence-corrected chi connectivity index (χ4v) is 2.74. The van der Waals surface area contributed by atoms with E-state index >= 15 is 0 Å². The first kappa shape index (κ1) is 14.1. The zero-order chi connectivity index (χ0) is 13.8. The summed E-state index contributed by atoms with van der Waals surface area (Å²) in [4.78, 5) is 22.0. The summed E-state index contributed by atoms with van der Waals surface area (Å²) in [7, 11) is 1.75. The van der Waals surface area contributed by atoms with Gasteiger partial charge in [-0.15, -0.1) is 0 Å². The van der Waals surface area contributed by atoms with Crippen molar-refractivity contribution in [2.75, 3.05) is 7.05 Å². The smallest absolute Gasteiger partial charge is 0.273 e. The van der Waals surface area contributed by atoms with E-state index in [1.165, 1.54) is 0 Å². The number of hydrogen-bond acceptors (Lipinski definition) is 3. The van der Waals surface area contributed by atoms with Gasteiger partial charge in [0.05, 0.1) is 4.47 Å². The first-order valence-corrected chi connectivity index (χ1v) is 7.12. The van der Waals surface area contributed by atoms with Gasteiger partial charge < -0.3 is 4.90 Å². The van der Waals surface area contributed by atoms with Crippen LogP contribution in [0.15, 0.2) is 45.7 Å². The van der Waals surface area contributed by atoms with E-state index in [1.54, 1.807) is 36.6 Å². The summed E-state index contributed by atoms with van der Waals surface area (Å²) < 4.78 is 1.50. The first-order chi connectivity index (χ1) is 9.08. The van der Waals surface area contributed by atoms with E-state index in [2.05, 4.69) is 41.8 Å². The van der Waals surface area contributed by atoms with Gasteiger partial charge in [-0.05, 0) is 55.6 Å². The molecule has 6 heteroatoms. The van der Waals surface area contributed by atoms with E-state index in [4.69, 9.17) is 0 Å². The number of hydrogen-bond donors (Lipinski definition) is 0. The van der Waals surface area contributed by atoms with Crippen molar-refractivity contribution in [1.82, 2.24) is 14.9 Å². The van der Waals surface area contributed by atoms with Crippen LogP contribution < -0.4 is 0 Å². The SMILES string of the molecule is CN(Cc1ccncc1)C(=O)c1ncc(Br)cc1Br. The Kier molecular flexibility index (Phi) is 4.66. The van der Waals surface area contributed by atoms with Gasteiger partial charge in [0.25, 0.3) is 5.91 Å². The van der Waals surface area contributed by atoms with Crippen molar-refractivity contribution in [2.45, 2.75) is 6.54 Å². The third-order valence-electron chi connectivity index (χ3n) is 2.53. The average molecular weight is 385 g/mol. The Balaban J connectivity index is 2.15. The average Bonchev–Trinajstić information content (AvgIpc) is 2.39. The molecule has 2 aromatic rings. The molecular weight excluding hydrogens is 374 g/mol. The highest BCUT2D eigenvalue weighted by molar-refractivity contribution is 9.11. The number of halogens is 2. The van der Waals surface area contributed by atoms with Crippen molar-refractivity contribution < 1.29 is 4.79 Å². The second-order valence-corrected chi connectivity index (χ2v) is 5.77. The molecule has 0 aliphatic heterocycles. The summed E-state index contributed by atoms with van der Waals surface area (Å²) in [6, 6.07) is 5.57. The van der Waals surface area contributed by atoms with Gasteiger partial charge in [0, 0.05) is 36.7 Å². The number of pyridine rings is 2. The van der Waals surface area contributed by atoms with Crippen molar-refractivity contribution in [2.24, 2.45) is 0 Å². The molecular formula is C13H11Br2N3O. The lowest BCUT2D eigenvalue weighted by Gasteiger charge is -2.17. The molecule has 2 rings (SSSR count). The predicted octanol–water partition coefficient (Wildman–Crippen LogP) is 3.27. The van der Waals surface area contributed by atoms with Crippen LogP contribution in [-0.4, -0.2) is 27.8 Å². The second-order valence-electron chi connectivity index (χ2n) is 4.00. The standard InChI is InChI=1S/C13H11Br2N3O/c1-18(8-9-2-4-16-5-3-9)13(19)12-11(15)6-10(14)7-17-12/h2-7H,8H2,1H3. The van der Waals surface area contributed by atoms with Gasteiger partial charge in [0.1, 0.15) is 5.69 Å². The number of rotatable bonds is 3. The van der Waals surface area contributed by atoms with Crippen molar-refractivity contribution in [3.8, 4) is 0 Å². The molecule has 0 radical (unpaired) electrons. The summed E-state index contributed by atoms with van der Waals surface area (Å²) in [6.45, 7) is 0.519. The highest BCUT2D eigenvalue weighted by atomic mass is 79.9. The fraction of sp³-hybridized carbons (Fsp3) is 0.154. The van der Waals surface area contributed by atoms with E-state index in [9.17, 15) is 4.79 Å². The zero-order valence-corrected chi connectivity index (χ0v) is 13.3. The molecule has 0 fully saturated rings. The Morgan fingerprint density at radius 2 is 2.00 bits per heavy atom. The van der Waals surface area contributed by atoms with Crippen LogP contribution in [0, 0.1) is 0 Å². The summed E-state index contributed by atoms with van der Waals surface area (Å²) in [5.74, 6) is -0.129. The first-order valence-electron chi connectivity index (χ1n) is 5.53. The van der Waals surface area contributed by atoms with Crippen LogP contribution in [0.5, 0.6) is 0 Å². The molecule has 0 saturated carbocycles. The van der Waals surface area contributed by atoms with Gasteiger partial charge in [-0.1, -0.05) is 0 Å². The largest absolute Gasteiger partial charge is 0.336 e. The van der Waals surface area contributed by atoms with E-state index in [-0.39, 0.29) is 5.91 Å². The summed E-state index contributed by atoms with van der Waals surface area (Å²) >= 11 is 6.66. The van der Waals surface area contributed by atoms with Gasteiger partial charge >= 0.3 is 0 Å². The molecule has 4 nitrogen and oxygen atoms in total. The molecule has 0 aliphatic carbocycles. The number of aromatic nitrogens is 2. The normalized spacial score (nSPS) is 10.3. The van der Waals surface area contributed by atoms with Crippen molar-refractivity contribution in [1.29, 1.82) is 0 Å². The Morgan fingerprint density at radius 3 is 2.63 bits per heavy atom. The summed E-state index contributed by atoms with van der Waals surface area (Å²) in [5, 5.41) is 0. The lowest BCUT2D eigenvalue weighted by molar-refractivity contribution is 0.0778. The minimum absolute atomic E-state index is 0.129. The molecule has 2 heterocycles. The number of carbonyl (C=O) groups excluding carboxylic acids is 1. The number of carbonyl (C=O) groups is 1. The maximum Gasteiger partial charge on any atom is 0.273 e. The minimum atomic E-state index is -0.129. The Labute approximate surface area is 128 Å². The van der Waals surface area contributed by atoms with Gasteiger partial charge in [0.2, 0.25) is 0 Å². The molecule has 0 aliphatic rings. The van der Waals surface area contributed by atoms with Crippen LogP contribution in [0.1, 0.15) is 16.1 Å². The number of amides is 1. The van der Waals surface area contributed by atoms with Crippen LogP contribution in [-0.2, 0) is 6.54 Å². The van der Waals surface area contributed by atoms with Crippen molar-refractivity contribution in [3.63, 3.8) is 0 Å². The molecule has 1 amide bonds. The molecule has 0 aromatic carbocycles. The zero-order valence-electron chi connectivity index (χ0n) is 10.2. The highest BCUT2D eigenvalue weighted by Gasteiger charge is 2.16. The van der Waals surface area contributed by atoms with Crippen LogP contribution >= 0.6 is 31.9 Å². The van der Waals surface area contributed by atoms with Crippen molar-refractivity contribution in [3.05, 3.63) is 57.0 Å². The third-order valence-corrected chi connectivity index (χ3v) is 3.56. The van der Waals surface area contributed by atoms with Crippen LogP contribution in [0.2, 0.25) is 0 Å². The summed E-state index contributed by atoms with van der Waals surface area (Å²) in [6.07, 6.45) is 5.03. The second kappa shape index (κ2) is 6.25. The molecule has 19 heavy (non-hydrogen) atoms. The molecule has 98 valence electrons. The Bertz CT molecular complexity index is 590. The van der Waals surface area contributed by atoms with Gasteiger partial charge in [-0.25, -0.2) is 4.98 Å². The van der Waals surface area contributed by atoms with Crippen LogP contribution in [0.25, 0.3) is 0 Å². The fourth-order valence-electron chi connectivity index (χ4n) is 1.59. The van der Waals surface area contributed by atoms with E-state index < -0.39 is 0 Å². The number of nitrogens with zero attached hydrogens (tertiary/aromatic N) is 3. The Hall–Kier alpha value is -1.27. The molecule has 0 saturated heterocycles. The Morgan fingerprint density at radius 1 is 1.32 bits per heavy atom. The van der Waals surface area contributed by atoms with E-state index in [0.717, 1.165) is 10.0 Å².